The van der Waals surface area contributed by atoms with E-state index in [1.807, 2.05) is 0 Å². The predicted octanol–water partition coefficient (Wildman–Crippen LogP) is 1.38. The lowest BCUT2D eigenvalue weighted by Crippen LogP contribution is -2.25. The molecule has 1 fully saturated rings. The molecule has 0 spiro atoms. The molecule has 1 aliphatic carbocycles. The molecule has 1 unspecified atom stereocenters. The molecule has 0 aromatic rings. The molecule has 2 atom stereocenters. The summed E-state index contributed by atoms with van der Waals surface area (Å²) in [4.78, 5) is 0. The van der Waals surface area contributed by atoms with E-state index in [1.165, 1.54) is 12.8 Å². The van der Waals surface area contributed by atoms with E-state index in [-0.39, 0.29) is 0 Å². The molecule has 0 saturated heterocycles. The number of rotatable bonds is 2. The van der Waals surface area contributed by atoms with Gasteiger partial charge in [0.15, 0.2) is 0 Å². The van der Waals surface area contributed by atoms with E-state index < -0.39 is 0 Å². The Labute approximate surface area is 51.3 Å². The third-order valence-corrected chi connectivity index (χ3v) is 2.19. The zero-order valence-corrected chi connectivity index (χ0v) is 5.72. The Hall–Kier alpha value is -0.0400. The van der Waals surface area contributed by atoms with E-state index >= 15 is 0 Å². The summed E-state index contributed by atoms with van der Waals surface area (Å²) in [6, 6.07) is 0.405. The van der Waals surface area contributed by atoms with Crippen molar-refractivity contribution in [3.8, 4) is 0 Å². The Balaban J connectivity index is 2.22. The lowest BCUT2D eigenvalue weighted by molar-refractivity contribution is 0.429. The van der Waals surface area contributed by atoms with Gasteiger partial charge in [-0.25, -0.2) is 0 Å². The van der Waals surface area contributed by atoms with Crippen LogP contribution in [0.4, 0.5) is 0 Å². The Bertz CT molecular complexity index is 72.5. The Morgan fingerprint density at radius 2 is 1.88 bits per heavy atom. The van der Waals surface area contributed by atoms with Crippen LogP contribution in [0.3, 0.4) is 0 Å². The number of nitrogens with two attached hydrogens (primary N) is 1. The molecule has 1 rings (SSSR count). The molecular formula is C7H15N. The summed E-state index contributed by atoms with van der Waals surface area (Å²) < 4.78 is 0. The van der Waals surface area contributed by atoms with Gasteiger partial charge in [0, 0.05) is 6.04 Å². The second-order valence-electron chi connectivity index (χ2n) is 3.06. The lowest BCUT2D eigenvalue weighted by Gasteiger charge is -2.12. The van der Waals surface area contributed by atoms with E-state index in [9.17, 15) is 0 Å². The molecule has 0 radical (unpaired) electrons. The fourth-order valence-electron chi connectivity index (χ4n) is 1.05. The van der Waals surface area contributed by atoms with Crippen molar-refractivity contribution in [1.29, 1.82) is 0 Å². The average Bonchev–Trinajstić information content (AvgIpc) is 2.43. The highest BCUT2D eigenvalue weighted by molar-refractivity contribution is 4.82. The summed E-state index contributed by atoms with van der Waals surface area (Å²) in [6.45, 7) is 4.35. The van der Waals surface area contributed by atoms with Gasteiger partial charge in [0.05, 0.1) is 0 Å². The Morgan fingerprint density at radius 1 is 1.38 bits per heavy atom. The highest BCUT2D eigenvalue weighted by atomic mass is 14.6. The minimum absolute atomic E-state index is 0.405. The normalized spacial score (nSPS) is 27.4. The summed E-state index contributed by atoms with van der Waals surface area (Å²) in [5.41, 5.74) is 5.68. The van der Waals surface area contributed by atoms with Crippen molar-refractivity contribution in [1.82, 2.24) is 0 Å². The summed E-state index contributed by atoms with van der Waals surface area (Å²) in [5, 5.41) is 0. The molecule has 2 N–H and O–H groups in total. The van der Waals surface area contributed by atoms with E-state index in [4.69, 9.17) is 5.73 Å². The van der Waals surface area contributed by atoms with Gasteiger partial charge in [0.25, 0.3) is 0 Å². The van der Waals surface area contributed by atoms with Crippen LogP contribution in [0.5, 0.6) is 0 Å². The zero-order chi connectivity index (χ0) is 6.15. The number of hydrogen-bond acceptors (Lipinski definition) is 1. The number of hydrogen-bond donors (Lipinski definition) is 1. The summed E-state index contributed by atoms with van der Waals surface area (Å²) in [6.07, 6.45) is 2.84. The van der Waals surface area contributed by atoms with Crippen LogP contribution in [0.25, 0.3) is 0 Å². The molecule has 1 saturated carbocycles. The third-order valence-electron chi connectivity index (χ3n) is 2.19. The monoisotopic (exact) mass is 113 g/mol. The molecule has 0 amide bonds. The van der Waals surface area contributed by atoms with Crippen LogP contribution in [0.2, 0.25) is 0 Å². The van der Waals surface area contributed by atoms with Gasteiger partial charge in [-0.1, -0.05) is 6.92 Å². The Morgan fingerprint density at radius 3 is 2.00 bits per heavy atom. The summed E-state index contributed by atoms with van der Waals surface area (Å²) in [5.74, 6) is 1.73. The largest absolute Gasteiger partial charge is 0.328 e. The van der Waals surface area contributed by atoms with Crippen LogP contribution in [-0.4, -0.2) is 6.04 Å². The molecule has 1 heteroatoms. The first-order chi connectivity index (χ1) is 3.72. The predicted molar refractivity (Wildman–Crippen MR) is 35.5 cm³/mol. The van der Waals surface area contributed by atoms with Gasteiger partial charge in [0.1, 0.15) is 0 Å². The highest BCUT2D eigenvalue weighted by Gasteiger charge is 2.29. The standard InChI is InChI=1S/C7H15N/c1-5(6(2)8)7-3-4-7/h5-7H,3-4,8H2,1-2H3/t5?,6-/m1/s1. The van der Waals surface area contributed by atoms with Gasteiger partial charge in [0.2, 0.25) is 0 Å². The fourth-order valence-corrected chi connectivity index (χ4v) is 1.05. The molecule has 0 aliphatic heterocycles. The second kappa shape index (κ2) is 2.06. The SMILES string of the molecule is CC(C1CC1)[C@@H](C)N. The molecule has 0 bridgehead atoms. The van der Waals surface area contributed by atoms with Crippen molar-refractivity contribution >= 4 is 0 Å². The maximum atomic E-state index is 5.68. The van der Waals surface area contributed by atoms with Crippen LogP contribution in [-0.2, 0) is 0 Å². The first-order valence-corrected chi connectivity index (χ1v) is 3.47. The van der Waals surface area contributed by atoms with Gasteiger partial charge in [-0.15, -0.1) is 0 Å². The van der Waals surface area contributed by atoms with Crippen LogP contribution in [0.15, 0.2) is 0 Å². The fraction of sp³-hybridized carbons (Fsp3) is 1.00. The molecule has 8 heavy (non-hydrogen) atoms. The van der Waals surface area contributed by atoms with Gasteiger partial charge in [-0.2, -0.15) is 0 Å². The maximum Gasteiger partial charge on any atom is 0.00387 e. The van der Waals surface area contributed by atoms with Gasteiger partial charge in [-0.3, -0.25) is 0 Å². The summed E-state index contributed by atoms with van der Waals surface area (Å²) in [7, 11) is 0. The van der Waals surface area contributed by atoms with Gasteiger partial charge >= 0.3 is 0 Å². The van der Waals surface area contributed by atoms with Gasteiger partial charge < -0.3 is 5.73 Å². The van der Waals surface area contributed by atoms with Crippen molar-refractivity contribution in [2.45, 2.75) is 32.7 Å². The van der Waals surface area contributed by atoms with E-state index in [2.05, 4.69) is 13.8 Å². The van der Waals surface area contributed by atoms with Crippen LogP contribution in [0, 0.1) is 11.8 Å². The van der Waals surface area contributed by atoms with Crippen LogP contribution >= 0.6 is 0 Å². The molecule has 0 aromatic carbocycles. The molecule has 1 nitrogen and oxygen atoms in total. The van der Waals surface area contributed by atoms with Gasteiger partial charge in [-0.05, 0) is 31.6 Å². The van der Waals surface area contributed by atoms with Crippen LogP contribution in [0.1, 0.15) is 26.7 Å². The van der Waals surface area contributed by atoms with Crippen molar-refractivity contribution in [3.63, 3.8) is 0 Å². The van der Waals surface area contributed by atoms with Crippen molar-refractivity contribution in [2.75, 3.05) is 0 Å². The summed E-state index contributed by atoms with van der Waals surface area (Å²) >= 11 is 0. The van der Waals surface area contributed by atoms with Crippen molar-refractivity contribution < 1.29 is 0 Å². The topological polar surface area (TPSA) is 26.0 Å². The molecule has 0 heterocycles. The molecule has 48 valence electrons. The molecule has 1 aliphatic rings. The minimum Gasteiger partial charge on any atom is -0.328 e. The van der Waals surface area contributed by atoms with Crippen LogP contribution < -0.4 is 5.73 Å². The lowest BCUT2D eigenvalue weighted by atomic mass is 9.99. The average molecular weight is 113 g/mol. The van der Waals surface area contributed by atoms with E-state index in [0.29, 0.717) is 6.04 Å². The maximum absolute atomic E-state index is 5.68. The first kappa shape index (κ1) is 6.09. The Kier molecular flexibility index (Phi) is 1.57. The quantitative estimate of drug-likeness (QED) is 0.575. The highest BCUT2D eigenvalue weighted by Crippen LogP contribution is 2.37. The smallest absolute Gasteiger partial charge is 0.00387 e. The van der Waals surface area contributed by atoms with E-state index in [1.54, 1.807) is 0 Å². The van der Waals surface area contributed by atoms with Crippen molar-refractivity contribution in [2.24, 2.45) is 17.6 Å². The molecular weight excluding hydrogens is 98.1 g/mol. The van der Waals surface area contributed by atoms with Crippen molar-refractivity contribution in [3.05, 3.63) is 0 Å². The minimum atomic E-state index is 0.405. The second-order valence-corrected chi connectivity index (χ2v) is 3.06. The molecule has 0 aromatic heterocycles. The first-order valence-electron chi connectivity index (χ1n) is 3.47. The van der Waals surface area contributed by atoms with E-state index in [0.717, 1.165) is 11.8 Å². The zero-order valence-electron chi connectivity index (χ0n) is 5.72. The third kappa shape index (κ3) is 1.22.